The second-order valence-electron chi connectivity index (χ2n) is 7.34. The zero-order valence-electron chi connectivity index (χ0n) is 17.2. The van der Waals surface area contributed by atoms with E-state index in [0.29, 0.717) is 18.5 Å². The Labute approximate surface area is 177 Å². The van der Waals surface area contributed by atoms with Crippen LogP contribution in [0.4, 0.5) is 5.69 Å². The Kier molecular flexibility index (Phi) is 6.89. The van der Waals surface area contributed by atoms with Crippen molar-refractivity contribution in [3.8, 4) is 0 Å². The summed E-state index contributed by atoms with van der Waals surface area (Å²) in [6.45, 7) is 1.67. The smallest absolute Gasteiger partial charge is 0.324 e. The van der Waals surface area contributed by atoms with Crippen LogP contribution in [0.2, 0.25) is 0 Å². The van der Waals surface area contributed by atoms with E-state index in [2.05, 4.69) is 0 Å². The van der Waals surface area contributed by atoms with Gasteiger partial charge in [-0.2, -0.15) is 4.31 Å². The number of benzene rings is 2. The topological polar surface area (TPSA) is 84.0 Å². The number of hydrogen-bond acceptors (Lipinski definition) is 5. The Morgan fingerprint density at radius 3 is 2.40 bits per heavy atom. The first-order valence-electron chi connectivity index (χ1n) is 9.87. The molecule has 2 aromatic rings. The van der Waals surface area contributed by atoms with E-state index < -0.39 is 34.5 Å². The van der Waals surface area contributed by atoms with Crippen molar-refractivity contribution in [1.82, 2.24) is 4.31 Å². The summed E-state index contributed by atoms with van der Waals surface area (Å²) in [4.78, 5) is 26.6. The molecule has 1 unspecified atom stereocenters. The first-order valence-corrected chi connectivity index (χ1v) is 11.3. The zero-order valence-corrected chi connectivity index (χ0v) is 18.0. The van der Waals surface area contributed by atoms with Crippen molar-refractivity contribution in [3.63, 3.8) is 0 Å². The fourth-order valence-electron chi connectivity index (χ4n) is 3.40. The van der Waals surface area contributed by atoms with Gasteiger partial charge in [-0.25, -0.2) is 8.42 Å². The van der Waals surface area contributed by atoms with Crippen LogP contribution in [0.5, 0.6) is 0 Å². The molecule has 0 radical (unpaired) electrons. The number of sulfonamides is 1. The Morgan fingerprint density at radius 2 is 1.73 bits per heavy atom. The second kappa shape index (κ2) is 9.40. The average molecular weight is 431 g/mol. The molecule has 0 bridgehead atoms. The number of hydrogen-bond donors (Lipinski definition) is 0. The van der Waals surface area contributed by atoms with Gasteiger partial charge in [-0.15, -0.1) is 0 Å². The number of piperidine rings is 1. The summed E-state index contributed by atoms with van der Waals surface area (Å²) < 4.78 is 32.6. The molecule has 0 N–H and O–H groups in total. The summed E-state index contributed by atoms with van der Waals surface area (Å²) in [5.74, 6) is -1.08. The van der Waals surface area contributed by atoms with Crippen LogP contribution < -0.4 is 4.90 Å². The van der Waals surface area contributed by atoms with Gasteiger partial charge in [0.05, 0.1) is 4.90 Å². The molecule has 1 aliphatic heterocycles. The van der Waals surface area contributed by atoms with Gasteiger partial charge < -0.3 is 9.64 Å². The molecule has 2 aromatic carbocycles. The van der Waals surface area contributed by atoms with Crippen molar-refractivity contribution in [2.75, 3.05) is 25.1 Å². The van der Waals surface area contributed by atoms with E-state index in [-0.39, 0.29) is 11.4 Å². The third-order valence-electron chi connectivity index (χ3n) is 5.21. The van der Waals surface area contributed by atoms with Gasteiger partial charge in [-0.3, -0.25) is 9.59 Å². The van der Waals surface area contributed by atoms with Gasteiger partial charge in [0.15, 0.2) is 6.61 Å². The number of rotatable bonds is 6. The Morgan fingerprint density at radius 1 is 1.07 bits per heavy atom. The fraction of sp³-hybridized carbons (Fsp3) is 0.364. The van der Waals surface area contributed by atoms with E-state index in [0.717, 1.165) is 12.0 Å². The molecule has 1 amide bonds. The number of carbonyl (C=O) groups excluding carboxylic acids is 2. The van der Waals surface area contributed by atoms with Gasteiger partial charge in [0.25, 0.3) is 5.91 Å². The van der Waals surface area contributed by atoms with E-state index >= 15 is 0 Å². The van der Waals surface area contributed by atoms with E-state index in [4.69, 9.17) is 4.74 Å². The van der Waals surface area contributed by atoms with Gasteiger partial charge in [0.2, 0.25) is 10.0 Å². The van der Waals surface area contributed by atoms with Crippen LogP contribution in [-0.2, 0) is 24.3 Å². The number of esters is 1. The molecular formula is C22H26N2O5S. The minimum absolute atomic E-state index is 0.146. The molecule has 1 saturated heterocycles. The standard InChI is InChI=1S/C22H26N2O5S/c1-17-11-13-19(14-12-17)30(27,28)24-15-7-6-10-20(24)22(26)29-16-21(25)23(2)18-8-4-3-5-9-18/h3-5,8-9,11-14,20H,6-7,10,15-16H2,1-2H3. The SMILES string of the molecule is Cc1ccc(S(=O)(=O)N2CCCCC2C(=O)OCC(=O)N(C)c2ccccc2)cc1. The first-order chi connectivity index (χ1) is 14.3. The number of likely N-dealkylation sites (N-methyl/N-ethyl adjacent to an activating group) is 1. The highest BCUT2D eigenvalue weighted by atomic mass is 32.2. The van der Waals surface area contributed by atoms with Crippen molar-refractivity contribution in [3.05, 3.63) is 60.2 Å². The summed E-state index contributed by atoms with van der Waals surface area (Å²) in [6, 6.07) is 14.6. The lowest BCUT2D eigenvalue weighted by atomic mass is 10.1. The van der Waals surface area contributed by atoms with Crippen molar-refractivity contribution in [1.29, 1.82) is 0 Å². The van der Waals surface area contributed by atoms with Crippen LogP contribution in [0.1, 0.15) is 24.8 Å². The molecule has 8 heteroatoms. The van der Waals surface area contributed by atoms with Crippen molar-refractivity contribution < 1.29 is 22.7 Å². The van der Waals surface area contributed by atoms with E-state index in [9.17, 15) is 18.0 Å². The average Bonchev–Trinajstić information content (AvgIpc) is 2.77. The van der Waals surface area contributed by atoms with Crippen molar-refractivity contribution in [2.45, 2.75) is 37.1 Å². The molecule has 0 aliphatic carbocycles. The molecule has 3 rings (SSSR count). The van der Waals surface area contributed by atoms with Crippen LogP contribution in [0.3, 0.4) is 0 Å². The molecule has 0 aromatic heterocycles. The largest absolute Gasteiger partial charge is 0.454 e. The van der Waals surface area contributed by atoms with E-state index in [1.54, 1.807) is 55.6 Å². The first kappa shape index (κ1) is 22.0. The molecule has 1 aliphatic rings. The van der Waals surface area contributed by atoms with Gasteiger partial charge in [-0.1, -0.05) is 35.9 Å². The fourth-order valence-corrected chi connectivity index (χ4v) is 5.04. The van der Waals surface area contributed by atoms with Gasteiger partial charge in [-0.05, 0) is 50.5 Å². The van der Waals surface area contributed by atoms with Crippen LogP contribution in [-0.4, -0.2) is 50.8 Å². The number of amides is 1. The predicted octanol–water partition coefficient (Wildman–Crippen LogP) is 2.74. The number of carbonyl (C=O) groups is 2. The van der Waals surface area contributed by atoms with Crippen LogP contribution in [0.25, 0.3) is 0 Å². The van der Waals surface area contributed by atoms with E-state index in [1.807, 2.05) is 13.0 Å². The monoisotopic (exact) mass is 430 g/mol. The number of nitrogens with zero attached hydrogens (tertiary/aromatic N) is 2. The Hall–Kier alpha value is -2.71. The molecule has 30 heavy (non-hydrogen) atoms. The van der Waals surface area contributed by atoms with Gasteiger partial charge in [0, 0.05) is 19.3 Å². The minimum Gasteiger partial charge on any atom is -0.454 e. The maximum absolute atomic E-state index is 13.1. The predicted molar refractivity (Wildman–Crippen MR) is 114 cm³/mol. The molecule has 7 nitrogen and oxygen atoms in total. The van der Waals surface area contributed by atoms with Gasteiger partial charge in [0.1, 0.15) is 6.04 Å². The molecular weight excluding hydrogens is 404 g/mol. The third-order valence-corrected chi connectivity index (χ3v) is 7.13. The third kappa shape index (κ3) is 4.88. The highest BCUT2D eigenvalue weighted by Crippen LogP contribution is 2.26. The molecule has 1 heterocycles. The maximum atomic E-state index is 13.1. The number of aryl methyl sites for hydroxylation is 1. The number of para-hydroxylation sites is 1. The molecule has 0 spiro atoms. The summed E-state index contributed by atoms with van der Waals surface area (Å²) in [5, 5.41) is 0. The summed E-state index contributed by atoms with van der Waals surface area (Å²) in [7, 11) is -2.24. The number of anilines is 1. The second-order valence-corrected chi connectivity index (χ2v) is 9.23. The highest BCUT2D eigenvalue weighted by molar-refractivity contribution is 7.89. The zero-order chi connectivity index (χ0) is 21.7. The minimum atomic E-state index is -3.83. The Bertz CT molecular complexity index is 990. The molecule has 1 atom stereocenters. The lowest BCUT2D eigenvalue weighted by Gasteiger charge is -2.33. The lowest BCUT2D eigenvalue weighted by molar-refractivity contribution is -0.152. The van der Waals surface area contributed by atoms with E-state index in [1.165, 1.54) is 9.21 Å². The van der Waals surface area contributed by atoms with Crippen LogP contribution >= 0.6 is 0 Å². The maximum Gasteiger partial charge on any atom is 0.324 e. The summed E-state index contributed by atoms with van der Waals surface area (Å²) in [5.41, 5.74) is 1.63. The van der Waals surface area contributed by atoms with Crippen LogP contribution in [0, 0.1) is 6.92 Å². The molecule has 0 saturated carbocycles. The normalized spacial score (nSPS) is 17.3. The summed E-state index contributed by atoms with van der Waals surface area (Å²) >= 11 is 0. The summed E-state index contributed by atoms with van der Waals surface area (Å²) in [6.07, 6.45) is 1.76. The van der Waals surface area contributed by atoms with Crippen molar-refractivity contribution >= 4 is 27.6 Å². The molecule has 160 valence electrons. The van der Waals surface area contributed by atoms with Crippen molar-refractivity contribution in [2.24, 2.45) is 0 Å². The lowest BCUT2D eigenvalue weighted by Crippen LogP contribution is -2.49. The molecule has 1 fully saturated rings. The van der Waals surface area contributed by atoms with Crippen LogP contribution in [0.15, 0.2) is 59.5 Å². The highest BCUT2D eigenvalue weighted by Gasteiger charge is 2.38. The Balaban J connectivity index is 1.69. The number of ether oxygens (including phenoxy) is 1. The van der Waals surface area contributed by atoms with Gasteiger partial charge >= 0.3 is 5.97 Å². The quantitative estimate of drug-likeness (QED) is 0.658.